The van der Waals surface area contributed by atoms with Crippen molar-refractivity contribution < 1.29 is 0 Å². The highest BCUT2D eigenvalue weighted by Crippen LogP contribution is 2.30. The summed E-state index contributed by atoms with van der Waals surface area (Å²) in [5, 5.41) is 0. The number of hydrogen-bond donors (Lipinski definition) is 2. The summed E-state index contributed by atoms with van der Waals surface area (Å²) in [5.41, 5.74) is 10.4. The maximum atomic E-state index is 5.90. The van der Waals surface area contributed by atoms with Crippen LogP contribution in [0.4, 0.5) is 0 Å². The van der Waals surface area contributed by atoms with Crippen molar-refractivity contribution in [2.75, 3.05) is 6.54 Å². The number of rotatable bonds is 10. The first kappa shape index (κ1) is 22.6. The summed E-state index contributed by atoms with van der Waals surface area (Å²) in [5.74, 6) is 0.689. The first-order chi connectivity index (χ1) is 12.5. The normalized spacial score (nSPS) is 17.3. The maximum absolute atomic E-state index is 5.90. The molecule has 4 nitrogen and oxygen atoms in total. The zero-order valence-electron chi connectivity index (χ0n) is 17.1. The van der Waals surface area contributed by atoms with Crippen molar-refractivity contribution in [3.8, 4) is 0 Å². The predicted molar refractivity (Wildman–Crippen MR) is 118 cm³/mol. The third-order valence-electron chi connectivity index (χ3n) is 4.36. The SMILES string of the molecule is C=N/C(=C(NSC(=CN)C1=NCCCC1)\C(=C/CCC)C(C)C)C(C)C. The number of hydrogen-bond acceptors (Lipinski definition) is 5. The molecule has 0 unspecified atom stereocenters. The average Bonchev–Trinajstić information content (AvgIpc) is 2.62. The topological polar surface area (TPSA) is 62.8 Å². The number of allylic oxidation sites excluding steroid dienone is 4. The molecule has 1 heterocycles. The van der Waals surface area contributed by atoms with Crippen molar-refractivity contribution in [1.82, 2.24) is 4.72 Å². The molecule has 146 valence electrons. The second-order valence-electron chi connectivity index (χ2n) is 7.20. The average molecular weight is 377 g/mol. The van der Waals surface area contributed by atoms with E-state index < -0.39 is 0 Å². The van der Waals surface area contributed by atoms with Crippen molar-refractivity contribution in [2.45, 2.75) is 66.7 Å². The first-order valence-corrected chi connectivity index (χ1v) is 10.6. The standard InChI is InChI=1S/C21H36N4S/c1-7-8-11-17(15(2)3)21(20(23-6)16(4)5)25-26-19(14-22)18-12-9-10-13-24-18/h11,14-16,25H,6-10,12-13,22H2,1-5H3/b17-11-,19-14?,21-20+. The first-order valence-electron chi connectivity index (χ1n) is 9.75. The third-order valence-corrected chi connectivity index (χ3v) is 5.26. The summed E-state index contributed by atoms with van der Waals surface area (Å²) in [4.78, 5) is 10.0. The molecular weight excluding hydrogens is 340 g/mol. The largest absolute Gasteiger partial charge is 0.404 e. The van der Waals surface area contributed by atoms with Gasteiger partial charge in [0, 0.05) is 12.7 Å². The molecule has 26 heavy (non-hydrogen) atoms. The Morgan fingerprint density at radius 2 is 2.04 bits per heavy atom. The Bertz CT molecular complexity index is 583. The highest BCUT2D eigenvalue weighted by Gasteiger charge is 2.19. The van der Waals surface area contributed by atoms with Crippen LogP contribution in [0.5, 0.6) is 0 Å². The summed E-state index contributed by atoms with van der Waals surface area (Å²) < 4.78 is 3.56. The fraction of sp³-hybridized carbons (Fsp3) is 0.619. The smallest absolute Gasteiger partial charge is 0.0695 e. The van der Waals surface area contributed by atoms with E-state index in [0.717, 1.165) is 47.8 Å². The Morgan fingerprint density at radius 3 is 2.50 bits per heavy atom. The Kier molecular flexibility index (Phi) is 10.4. The van der Waals surface area contributed by atoms with Crippen LogP contribution in [0.25, 0.3) is 0 Å². The monoisotopic (exact) mass is 376 g/mol. The lowest BCUT2D eigenvalue weighted by molar-refractivity contribution is 0.709. The van der Waals surface area contributed by atoms with Gasteiger partial charge in [0.05, 0.1) is 22.0 Å². The lowest BCUT2D eigenvalue weighted by Crippen LogP contribution is -2.18. The number of unbranched alkanes of at least 4 members (excludes halogenated alkanes) is 1. The molecule has 0 radical (unpaired) electrons. The molecule has 0 saturated carbocycles. The van der Waals surface area contributed by atoms with Gasteiger partial charge in [0.1, 0.15) is 0 Å². The number of aliphatic imine (C=N–C) groups is 2. The quantitative estimate of drug-likeness (QED) is 0.296. The molecule has 0 aromatic heterocycles. The van der Waals surface area contributed by atoms with Gasteiger partial charge in [0.25, 0.3) is 0 Å². The molecule has 0 atom stereocenters. The van der Waals surface area contributed by atoms with Crippen LogP contribution in [0.15, 0.2) is 44.1 Å². The Morgan fingerprint density at radius 1 is 1.31 bits per heavy atom. The number of nitrogens with zero attached hydrogens (tertiary/aromatic N) is 2. The van der Waals surface area contributed by atoms with Crippen LogP contribution in [0.2, 0.25) is 0 Å². The van der Waals surface area contributed by atoms with Crippen molar-refractivity contribution in [2.24, 2.45) is 27.6 Å². The van der Waals surface area contributed by atoms with Gasteiger partial charge in [0.15, 0.2) is 0 Å². The van der Waals surface area contributed by atoms with Gasteiger partial charge in [-0.25, -0.2) is 0 Å². The summed E-state index contributed by atoms with van der Waals surface area (Å²) >= 11 is 1.55. The van der Waals surface area contributed by atoms with Gasteiger partial charge in [-0.1, -0.05) is 47.1 Å². The second kappa shape index (κ2) is 12.0. The van der Waals surface area contributed by atoms with Crippen LogP contribution >= 0.6 is 11.9 Å². The van der Waals surface area contributed by atoms with Crippen LogP contribution in [0.1, 0.15) is 66.7 Å². The number of nitrogens with two attached hydrogens (primary N) is 1. The van der Waals surface area contributed by atoms with E-state index in [2.05, 4.69) is 62.1 Å². The lowest BCUT2D eigenvalue weighted by atomic mass is 9.95. The highest BCUT2D eigenvalue weighted by molar-refractivity contribution is 8.02. The minimum absolute atomic E-state index is 0.289. The van der Waals surface area contributed by atoms with Gasteiger partial charge in [-0.15, -0.1) is 0 Å². The van der Waals surface area contributed by atoms with Gasteiger partial charge in [-0.05, 0) is 61.8 Å². The molecule has 1 aliphatic rings. The molecule has 0 aliphatic carbocycles. The van der Waals surface area contributed by atoms with Crippen LogP contribution in [0.3, 0.4) is 0 Å². The molecule has 0 aromatic carbocycles. The summed E-state index contributed by atoms with van der Waals surface area (Å²) in [6, 6.07) is 0. The minimum Gasteiger partial charge on any atom is -0.404 e. The summed E-state index contributed by atoms with van der Waals surface area (Å²) in [6.45, 7) is 15.7. The van der Waals surface area contributed by atoms with Crippen molar-refractivity contribution in [1.29, 1.82) is 0 Å². The van der Waals surface area contributed by atoms with Crippen LogP contribution in [0, 0.1) is 11.8 Å². The van der Waals surface area contributed by atoms with E-state index in [1.165, 1.54) is 18.4 Å². The maximum Gasteiger partial charge on any atom is 0.0695 e. The fourth-order valence-electron chi connectivity index (χ4n) is 2.93. The van der Waals surface area contributed by atoms with E-state index in [1.807, 2.05) is 0 Å². The third kappa shape index (κ3) is 6.67. The zero-order valence-corrected chi connectivity index (χ0v) is 18.0. The molecule has 0 spiro atoms. The van der Waals surface area contributed by atoms with E-state index >= 15 is 0 Å². The van der Waals surface area contributed by atoms with Gasteiger partial charge < -0.3 is 10.5 Å². The van der Waals surface area contributed by atoms with Gasteiger partial charge in [-0.3, -0.25) is 9.98 Å². The molecule has 1 rings (SSSR count). The Hall–Kier alpha value is -1.49. The summed E-state index contributed by atoms with van der Waals surface area (Å²) in [7, 11) is 0. The highest BCUT2D eigenvalue weighted by atomic mass is 32.2. The molecule has 0 aromatic rings. The molecule has 5 heteroatoms. The molecule has 0 saturated heterocycles. The molecule has 1 aliphatic heterocycles. The Labute approximate surface area is 164 Å². The minimum atomic E-state index is 0.289. The summed E-state index contributed by atoms with van der Waals surface area (Å²) in [6.07, 6.45) is 9.51. The second-order valence-corrected chi connectivity index (χ2v) is 8.04. The van der Waals surface area contributed by atoms with E-state index in [4.69, 9.17) is 5.73 Å². The van der Waals surface area contributed by atoms with Crippen molar-refractivity contribution in [3.05, 3.63) is 34.1 Å². The molecular formula is C21H36N4S. The molecule has 0 bridgehead atoms. The van der Waals surface area contributed by atoms with Crippen molar-refractivity contribution in [3.63, 3.8) is 0 Å². The van der Waals surface area contributed by atoms with Gasteiger partial charge in [0.2, 0.25) is 0 Å². The predicted octanol–water partition coefficient (Wildman–Crippen LogP) is 5.60. The molecule has 0 amide bonds. The number of nitrogens with one attached hydrogen (secondary N) is 1. The molecule has 3 N–H and O–H groups in total. The van der Waals surface area contributed by atoms with Crippen LogP contribution < -0.4 is 10.5 Å². The van der Waals surface area contributed by atoms with Gasteiger partial charge in [-0.2, -0.15) is 0 Å². The van der Waals surface area contributed by atoms with E-state index in [-0.39, 0.29) is 5.92 Å². The molecule has 0 fully saturated rings. The van der Waals surface area contributed by atoms with Gasteiger partial charge >= 0.3 is 0 Å². The van der Waals surface area contributed by atoms with E-state index in [9.17, 15) is 0 Å². The van der Waals surface area contributed by atoms with Crippen LogP contribution in [-0.2, 0) is 0 Å². The van der Waals surface area contributed by atoms with Crippen molar-refractivity contribution >= 4 is 24.4 Å². The Balaban J connectivity index is 3.17. The zero-order chi connectivity index (χ0) is 19.5. The fourth-order valence-corrected chi connectivity index (χ4v) is 3.72. The lowest BCUT2D eigenvalue weighted by Gasteiger charge is -2.23. The van der Waals surface area contributed by atoms with E-state index in [1.54, 1.807) is 18.1 Å². The van der Waals surface area contributed by atoms with Crippen LogP contribution in [-0.4, -0.2) is 19.0 Å². The van der Waals surface area contributed by atoms with E-state index in [0.29, 0.717) is 5.92 Å².